The Kier molecular flexibility index (Phi) is 4.29. The first-order valence-corrected chi connectivity index (χ1v) is 8.27. The van der Waals surface area contributed by atoms with Crippen LogP contribution in [-0.2, 0) is 11.2 Å². The second-order valence-corrected chi connectivity index (χ2v) is 6.48. The number of rotatable bonds is 3. The fraction of sp³-hybridized carbons (Fsp3) is 0.500. The number of nitriles is 1. The summed E-state index contributed by atoms with van der Waals surface area (Å²) in [6, 6.07) is 5.85. The molecule has 2 aromatic rings. The van der Waals surface area contributed by atoms with E-state index in [1.807, 2.05) is 19.1 Å². The van der Waals surface area contributed by atoms with Gasteiger partial charge in [-0.1, -0.05) is 6.92 Å². The molecule has 126 valence electrons. The maximum absolute atomic E-state index is 12.3. The Labute approximate surface area is 141 Å². The second-order valence-electron chi connectivity index (χ2n) is 6.48. The molecule has 6 nitrogen and oxygen atoms in total. The number of fused-ring (bicyclic) bond motifs is 1. The van der Waals surface area contributed by atoms with E-state index in [2.05, 4.69) is 27.9 Å². The van der Waals surface area contributed by atoms with Crippen LogP contribution in [0.2, 0.25) is 0 Å². The van der Waals surface area contributed by atoms with E-state index < -0.39 is 0 Å². The smallest absolute Gasteiger partial charge is 0.268 e. The molecule has 0 atom stereocenters. The van der Waals surface area contributed by atoms with E-state index in [0.717, 1.165) is 38.0 Å². The van der Waals surface area contributed by atoms with Crippen LogP contribution in [0.25, 0.3) is 11.0 Å². The van der Waals surface area contributed by atoms with Crippen LogP contribution in [-0.4, -0.2) is 35.8 Å². The first kappa shape index (κ1) is 16.5. The Morgan fingerprint density at radius 2 is 2.12 bits per heavy atom. The van der Waals surface area contributed by atoms with Crippen LogP contribution in [0.5, 0.6) is 0 Å². The van der Waals surface area contributed by atoms with Gasteiger partial charge in [0.1, 0.15) is 17.1 Å². The van der Waals surface area contributed by atoms with Crippen LogP contribution >= 0.6 is 0 Å². The van der Waals surface area contributed by atoms with E-state index >= 15 is 0 Å². The zero-order valence-corrected chi connectivity index (χ0v) is 14.3. The third kappa shape index (κ3) is 2.76. The summed E-state index contributed by atoms with van der Waals surface area (Å²) in [6.07, 6.45) is 2.49. The van der Waals surface area contributed by atoms with Crippen LogP contribution in [0.4, 0.5) is 5.69 Å². The first-order chi connectivity index (χ1) is 11.5. The van der Waals surface area contributed by atoms with E-state index in [9.17, 15) is 10.1 Å². The molecule has 0 amide bonds. The molecular formula is C18H22N4O2. The molecule has 3 heterocycles. The van der Waals surface area contributed by atoms with Crippen LogP contribution in [0, 0.1) is 11.3 Å². The van der Waals surface area contributed by atoms with Gasteiger partial charge in [-0.05, 0) is 38.3 Å². The highest BCUT2D eigenvalue weighted by molar-refractivity contribution is 5.91. The number of nitrogens with zero attached hydrogens (tertiary/aromatic N) is 3. The number of pyridine rings is 2. The van der Waals surface area contributed by atoms with Crippen molar-refractivity contribution in [3.63, 3.8) is 0 Å². The van der Waals surface area contributed by atoms with Gasteiger partial charge in [0.2, 0.25) is 0 Å². The average Bonchev–Trinajstić information content (AvgIpc) is 2.61. The van der Waals surface area contributed by atoms with Crippen molar-refractivity contribution in [1.82, 2.24) is 9.97 Å². The second kappa shape index (κ2) is 6.25. The van der Waals surface area contributed by atoms with E-state index in [4.69, 9.17) is 4.74 Å². The molecule has 2 aromatic heterocycles. The summed E-state index contributed by atoms with van der Waals surface area (Å²) in [5.74, 6) is 0. The lowest BCUT2D eigenvalue weighted by Crippen LogP contribution is -2.44. The van der Waals surface area contributed by atoms with Crippen LogP contribution in [0.15, 0.2) is 16.9 Å². The highest BCUT2D eigenvalue weighted by Crippen LogP contribution is 2.32. The first-order valence-electron chi connectivity index (χ1n) is 8.27. The average molecular weight is 326 g/mol. The van der Waals surface area contributed by atoms with Gasteiger partial charge in [-0.15, -0.1) is 0 Å². The molecule has 0 unspecified atom stereocenters. The highest BCUT2D eigenvalue weighted by atomic mass is 16.5. The predicted molar refractivity (Wildman–Crippen MR) is 93.3 cm³/mol. The van der Waals surface area contributed by atoms with Crippen molar-refractivity contribution in [2.24, 2.45) is 0 Å². The normalized spacial score (nSPS) is 17.0. The molecule has 0 bridgehead atoms. The quantitative estimate of drug-likeness (QED) is 0.936. The summed E-state index contributed by atoms with van der Waals surface area (Å²) >= 11 is 0. The number of methoxy groups -OCH3 is 1. The number of nitrogens with one attached hydrogen (secondary N) is 1. The van der Waals surface area contributed by atoms with Crippen LogP contribution in [0.3, 0.4) is 0 Å². The van der Waals surface area contributed by atoms with Gasteiger partial charge in [0, 0.05) is 25.9 Å². The van der Waals surface area contributed by atoms with Crippen molar-refractivity contribution < 1.29 is 4.74 Å². The van der Waals surface area contributed by atoms with Gasteiger partial charge < -0.3 is 14.6 Å². The Bertz CT molecular complexity index is 858. The van der Waals surface area contributed by atoms with Gasteiger partial charge in [0.25, 0.3) is 5.56 Å². The van der Waals surface area contributed by atoms with E-state index in [0.29, 0.717) is 16.7 Å². The summed E-state index contributed by atoms with van der Waals surface area (Å²) in [5, 5.41) is 9.52. The summed E-state index contributed by atoms with van der Waals surface area (Å²) in [6.45, 7) is 5.60. The number of hydrogen-bond donors (Lipinski definition) is 1. The Morgan fingerprint density at radius 1 is 1.42 bits per heavy atom. The van der Waals surface area contributed by atoms with Crippen molar-refractivity contribution >= 4 is 16.7 Å². The third-order valence-corrected chi connectivity index (χ3v) is 4.99. The zero-order chi connectivity index (χ0) is 17.3. The minimum Gasteiger partial charge on any atom is -0.378 e. The summed E-state index contributed by atoms with van der Waals surface area (Å²) in [5.41, 5.74) is 2.61. The minimum absolute atomic E-state index is 0.143. The third-order valence-electron chi connectivity index (χ3n) is 4.99. The Balaban J connectivity index is 2.15. The van der Waals surface area contributed by atoms with Gasteiger partial charge in [0.05, 0.1) is 16.8 Å². The van der Waals surface area contributed by atoms with Crippen molar-refractivity contribution in [3.05, 3.63) is 33.7 Å². The standard InChI is InChI=1S/C18H22N4O2/c1-4-12-5-6-14-15(20-12)16(13(11-19)17(23)21-14)22-9-7-18(2,24-3)8-10-22/h5-6H,4,7-10H2,1-3H3,(H,21,23). The molecule has 0 radical (unpaired) electrons. The molecule has 3 rings (SSSR count). The fourth-order valence-corrected chi connectivity index (χ4v) is 3.21. The number of aromatic amines is 1. The molecule has 24 heavy (non-hydrogen) atoms. The van der Waals surface area contributed by atoms with Gasteiger partial charge in [-0.3, -0.25) is 4.79 Å². The molecule has 1 saturated heterocycles. The molecule has 1 aliphatic rings. The van der Waals surface area contributed by atoms with Crippen molar-refractivity contribution in [3.8, 4) is 6.07 Å². The van der Waals surface area contributed by atoms with Gasteiger partial charge >= 0.3 is 0 Å². The number of piperidine rings is 1. The summed E-state index contributed by atoms with van der Waals surface area (Å²) in [7, 11) is 1.73. The van der Waals surface area contributed by atoms with Crippen molar-refractivity contribution in [1.29, 1.82) is 5.26 Å². The number of aryl methyl sites for hydroxylation is 1. The maximum Gasteiger partial charge on any atom is 0.268 e. The number of H-pyrrole nitrogens is 1. The molecule has 0 aliphatic carbocycles. The lowest BCUT2D eigenvalue weighted by molar-refractivity contribution is -0.0132. The number of ether oxygens (including phenoxy) is 1. The maximum atomic E-state index is 12.3. The fourth-order valence-electron chi connectivity index (χ4n) is 3.21. The Hall–Kier alpha value is -2.39. The van der Waals surface area contributed by atoms with Gasteiger partial charge in [-0.2, -0.15) is 5.26 Å². The number of hydrogen-bond acceptors (Lipinski definition) is 5. The molecule has 0 saturated carbocycles. The molecular weight excluding hydrogens is 304 g/mol. The van der Waals surface area contributed by atoms with Gasteiger partial charge in [-0.25, -0.2) is 4.98 Å². The molecule has 6 heteroatoms. The molecule has 0 aromatic carbocycles. The van der Waals surface area contributed by atoms with E-state index in [1.54, 1.807) is 7.11 Å². The summed E-state index contributed by atoms with van der Waals surface area (Å²) in [4.78, 5) is 21.9. The molecule has 1 aliphatic heterocycles. The SMILES string of the molecule is CCc1ccc2[nH]c(=O)c(C#N)c(N3CCC(C)(OC)CC3)c2n1. The lowest BCUT2D eigenvalue weighted by Gasteiger charge is -2.39. The molecule has 0 spiro atoms. The predicted octanol–water partition coefficient (Wildman–Crippen LogP) is 2.36. The summed E-state index contributed by atoms with van der Waals surface area (Å²) < 4.78 is 5.59. The molecule has 1 fully saturated rings. The van der Waals surface area contributed by atoms with E-state index in [-0.39, 0.29) is 16.7 Å². The number of aromatic nitrogens is 2. The van der Waals surface area contributed by atoms with Crippen LogP contribution < -0.4 is 10.5 Å². The molecule has 1 N–H and O–H groups in total. The van der Waals surface area contributed by atoms with Crippen LogP contribution in [0.1, 0.15) is 37.9 Å². The van der Waals surface area contributed by atoms with Crippen molar-refractivity contribution in [2.45, 2.75) is 38.7 Å². The van der Waals surface area contributed by atoms with E-state index in [1.165, 1.54) is 0 Å². The lowest BCUT2D eigenvalue weighted by atomic mass is 9.92. The van der Waals surface area contributed by atoms with Gasteiger partial charge in [0.15, 0.2) is 0 Å². The topological polar surface area (TPSA) is 82.0 Å². The minimum atomic E-state index is -0.355. The number of anilines is 1. The largest absolute Gasteiger partial charge is 0.378 e. The monoisotopic (exact) mass is 326 g/mol. The Morgan fingerprint density at radius 3 is 2.71 bits per heavy atom. The van der Waals surface area contributed by atoms with Crippen molar-refractivity contribution in [2.75, 3.05) is 25.1 Å². The zero-order valence-electron chi connectivity index (χ0n) is 14.3. The highest BCUT2D eigenvalue weighted by Gasteiger charge is 2.32.